The summed E-state index contributed by atoms with van der Waals surface area (Å²) in [6.45, 7) is 8.35. The van der Waals surface area contributed by atoms with Crippen LogP contribution in [0.4, 0.5) is 0 Å². The third-order valence-electron chi connectivity index (χ3n) is 3.91. The molecule has 2 nitrogen and oxygen atoms in total. The molecule has 19 heavy (non-hydrogen) atoms. The molecule has 0 amide bonds. The maximum atomic E-state index is 5.57. The molecule has 0 saturated carbocycles. The summed E-state index contributed by atoms with van der Waals surface area (Å²) < 4.78 is 6.80. The van der Waals surface area contributed by atoms with E-state index in [1.807, 2.05) is 0 Å². The molecular formula is C16H24BrNO. The largest absolute Gasteiger partial charge is 0.381 e. The lowest BCUT2D eigenvalue weighted by Gasteiger charge is -2.39. The number of hydrogen-bond donors (Lipinski definition) is 1. The highest BCUT2D eigenvalue weighted by atomic mass is 79.9. The summed E-state index contributed by atoms with van der Waals surface area (Å²) in [7, 11) is 0. The Bertz CT molecular complexity index is 399. The highest BCUT2D eigenvalue weighted by Gasteiger charge is 2.35. The third-order valence-corrected chi connectivity index (χ3v) is 4.60. The second-order valence-electron chi connectivity index (χ2n) is 5.90. The highest BCUT2D eigenvalue weighted by molar-refractivity contribution is 9.10. The van der Waals surface area contributed by atoms with Crippen LogP contribution in [0.2, 0.25) is 0 Å². The molecule has 1 fully saturated rings. The Morgan fingerprint density at radius 3 is 2.58 bits per heavy atom. The quantitative estimate of drug-likeness (QED) is 0.890. The maximum Gasteiger partial charge on any atom is 0.0475 e. The zero-order chi connectivity index (χ0) is 13.7. The van der Waals surface area contributed by atoms with Gasteiger partial charge in [0.15, 0.2) is 0 Å². The molecule has 1 saturated heterocycles. The minimum absolute atomic E-state index is 0.216. The zero-order valence-corrected chi connectivity index (χ0v) is 13.5. The van der Waals surface area contributed by atoms with Gasteiger partial charge in [-0.05, 0) is 36.9 Å². The summed E-state index contributed by atoms with van der Waals surface area (Å²) in [5.41, 5.74) is 1.64. The molecule has 2 rings (SSSR count). The SMILES string of the molecule is CC(C)CNCC1(c2ccccc2Br)CCOCC1. The van der Waals surface area contributed by atoms with Crippen molar-refractivity contribution in [2.24, 2.45) is 5.92 Å². The second-order valence-corrected chi connectivity index (χ2v) is 6.75. The molecule has 1 N–H and O–H groups in total. The van der Waals surface area contributed by atoms with Gasteiger partial charge in [-0.25, -0.2) is 0 Å². The van der Waals surface area contributed by atoms with Gasteiger partial charge in [0.25, 0.3) is 0 Å². The standard InChI is InChI=1S/C16H24BrNO/c1-13(2)11-18-12-16(7-9-19-10-8-16)14-5-3-4-6-15(14)17/h3-6,13,18H,7-12H2,1-2H3. The van der Waals surface area contributed by atoms with Gasteiger partial charge in [0, 0.05) is 29.6 Å². The van der Waals surface area contributed by atoms with E-state index in [2.05, 4.69) is 59.4 Å². The summed E-state index contributed by atoms with van der Waals surface area (Å²) in [5.74, 6) is 0.691. The van der Waals surface area contributed by atoms with Gasteiger partial charge >= 0.3 is 0 Å². The van der Waals surface area contributed by atoms with Gasteiger partial charge < -0.3 is 10.1 Å². The molecule has 0 radical (unpaired) electrons. The van der Waals surface area contributed by atoms with Crippen LogP contribution in [0.3, 0.4) is 0 Å². The molecule has 0 spiro atoms. The topological polar surface area (TPSA) is 21.3 Å². The van der Waals surface area contributed by atoms with Crippen molar-refractivity contribution >= 4 is 15.9 Å². The van der Waals surface area contributed by atoms with E-state index >= 15 is 0 Å². The van der Waals surface area contributed by atoms with Crippen LogP contribution in [0, 0.1) is 5.92 Å². The third kappa shape index (κ3) is 3.80. The van der Waals surface area contributed by atoms with Crippen LogP contribution >= 0.6 is 15.9 Å². The van der Waals surface area contributed by atoms with E-state index in [0.717, 1.165) is 39.1 Å². The average molecular weight is 326 g/mol. The van der Waals surface area contributed by atoms with Gasteiger partial charge in [-0.1, -0.05) is 48.0 Å². The predicted octanol–water partition coefficient (Wildman–Crippen LogP) is 3.74. The minimum atomic E-state index is 0.216. The van der Waals surface area contributed by atoms with E-state index in [9.17, 15) is 0 Å². The lowest BCUT2D eigenvalue weighted by atomic mass is 9.74. The Morgan fingerprint density at radius 2 is 1.95 bits per heavy atom. The van der Waals surface area contributed by atoms with Crippen molar-refractivity contribution in [2.45, 2.75) is 32.1 Å². The predicted molar refractivity (Wildman–Crippen MR) is 83.6 cm³/mol. The maximum absolute atomic E-state index is 5.57. The number of ether oxygens (including phenoxy) is 1. The summed E-state index contributed by atoms with van der Waals surface area (Å²) in [4.78, 5) is 0. The van der Waals surface area contributed by atoms with Crippen LogP contribution in [-0.2, 0) is 10.2 Å². The molecule has 1 heterocycles. The first-order valence-corrected chi connectivity index (χ1v) is 7.97. The van der Waals surface area contributed by atoms with Crippen molar-refractivity contribution < 1.29 is 4.74 Å². The Hall–Kier alpha value is -0.380. The number of benzene rings is 1. The fraction of sp³-hybridized carbons (Fsp3) is 0.625. The van der Waals surface area contributed by atoms with E-state index < -0.39 is 0 Å². The zero-order valence-electron chi connectivity index (χ0n) is 11.9. The molecular weight excluding hydrogens is 302 g/mol. The molecule has 1 aliphatic heterocycles. The molecule has 1 aliphatic rings. The average Bonchev–Trinajstić information content (AvgIpc) is 2.40. The number of halogens is 1. The van der Waals surface area contributed by atoms with E-state index in [4.69, 9.17) is 4.74 Å². The summed E-state index contributed by atoms with van der Waals surface area (Å²) in [6, 6.07) is 8.63. The molecule has 0 unspecified atom stereocenters. The van der Waals surface area contributed by atoms with Crippen molar-refractivity contribution in [1.29, 1.82) is 0 Å². The van der Waals surface area contributed by atoms with Crippen molar-refractivity contribution in [3.8, 4) is 0 Å². The van der Waals surface area contributed by atoms with Gasteiger partial charge in [-0.2, -0.15) is 0 Å². The van der Waals surface area contributed by atoms with E-state index in [1.165, 1.54) is 10.0 Å². The fourth-order valence-electron chi connectivity index (χ4n) is 2.79. The van der Waals surface area contributed by atoms with Gasteiger partial charge in [0.2, 0.25) is 0 Å². The Labute approximate surface area is 125 Å². The Kier molecular flexibility index (Phi) is 5.43. The van der Waals surface area contributed by atoms with E-state index in [-0.39, 0.29) is 5.41 Å². The molecule has 1 aromatic rings. The van der Waals surface area contributed by atoms with Crippen LogP contribution in [0.5, 0.6) is 0 Å². The van der Waals surface area contributed by atoms with Gasteiger partial charge in [0.1, 0.15) is 0 Å². The van der Waals surface area contributed by atoms with Crippen molar-refractivity contribution in [2.75, 3.05) is 26.3 Å². The molecule has 0 bridgehead atoms. The van der Waals surface area contributed by atoms with Crippen LogP contribution in [0.1, 0.15) is 32.3 Å². The van der Waals surface area contributed by atoms with Crippen LogP contribution in [-0.4, -0.2) is 26.3 Å². The van der Waals surface area contributed by atoms with Crippen LogP contribution in [0.25, 0.3) is 0 Å². The molecule has 0 aromatic heterocycles. The highest BCUT2D eigenvalue weighted by Crippen LogP contribution is 2.38. The summed E-state index contributed by atoms with van der Waals surface area (Å²) in [6.07, 6.45) is 2.20. The second kappa shape index (κ2) is 6.87. The molecule has 106 valence electrons. The number of rotatable bonds is 5. The summed E-state index contributed by atoms with van der Waals surface area (Å²) >= 11 is 3.72. The first-order chi connectivity index (χ1) is 9.14. The van der Waals surface area contributed by atoms with Gasteiger partial charge in [-0.15, -0.1) is 0 Å². The van der Waals surface area contributed by atoms with Crippen LogP contribution in [0.15, 0.2) is 28.7 Å². The van der Waals surface area contributed by atoms with E-state index in [0.29, 0.717) is 5.92 Å². The smallest absolute Gasteiger partial charge is 0.0475 e. The van der Waals surface area contributed by atoms with Crippen molar-refractivity contribution in [3.63, 3.8) is 0 Å². The molecule has 0 aliphatic carbocycles. The molecule has 0 atom stereocenters. The van der Waals surface area contributed by atoms with Gasteiger partial charge in [-0.3, -0.25) is 0 Å². The van der Waals surface area contributed by atoms with Crippen molar-refractivity contribution in [1.82, 2.24) is 5.32 Å². The fourth-order valence-corrected chi connectivity index (χ4v) is 3.50. The molecule has 3 heteroatoms. The Balaban J connectivity index is 2.17. The minimum Gasteiger partial charge on any atom is -0.381 e. The first-order valence-electron chi connectivity index (χ1n) is 7.17. The first kappa shape index (κ1) is 15.0. The monoisotopic (exact) mass is 325 g/mol. The molecule has 1 aromatic carbocycles. The van der Waals surface area contributed by atoms with Gasteiger partial charge in [0.05, 0.1) is 0 Å². The van der Waals surface area contributed by atoms with Crippen LogP contribution < -0.4 is 5.32 Å². The van der Waals surface area contributed by atoms with Crippen molar-refractivity contribution in [3.05, 3.63) is 34.3 Å². The lowest BCUT2D eigenvalue weighted by molar-refractivity contribution is 0.0494. The summed E-state index contributed by atoms with van der Waals surface area (Å²) in [5, 5.41) is 3.64. The Morgan fingerprint density at radius 1 is 1.26 bits per heavy atom. The lowest BCUT2D eigenvalue weighted by Crippen LogP contribution is -2.43. The number of nitrogens with one attached hydrogen (secondary N) is 1. The van der Waals surface area contributed by atoms with E-state index in [1.54, 1.807) is 0 Å². The normalized spacial score (nSPS) is 18.7. The number of hydrogen-bond acceptors (Lipinski definition) is 2.